The minimum absolute atomic E-state index is 0.192. The summed E-state index contributed by atoms with van der Waals surface area (Å²) in [6.45, 7) is 5.13. The minimum atomic E-state index is -3.97. The maximum absolute atomic E-state index is 15.3. The average Bonchev–Trinajstić information content (AvgIpc) is 3.55. The van der Waals surface area contributed by atoms with E-state index >= 15 is 8.78 Å². The monoisotopic (exact) mass is 581 g/mol. The van der Waals surface area contributed by atoms with Crippen molar-refractivity contribution in [1.29, 1.82) is 0 Å². The van der Waals surface area contributed by atoms with Crippen molar-refractivity contribution in [2.45, 2.75) is 37.3 Å². The first-order chi connectivity index (χ1) is 18.7. The number of furan rings is 1. The van der Waals surface area contributed by atoms with Crippen LogP contribution in [0.5, 0.6) is 5.75 Å². The Morgan fingerprint density at radius 3 is 2.49 bits per heavy atom. The van der Waals surface area contributed by atoms with E-state index < -0.39 is 29.7 Å². The summed E-state index contributed by atoms with van der Waals surface area (Å²) in [5.41, 5.74) is 0.582. The number of fused-ring (bicyclic) bond motifs is 1. The molecule has 2 N–H and O–H groups in total. The zero-order valence-electron chi connectivity index (χ0n) is 21.3. The van der Waals surface area contributed by atoms with Gasteiger partial charge in [0.2, 0.25) is 0 Å². The van der Waals surface area contributed by atoms with Gasteiger partial charge in [0, 0.05) is 23.5 Å². The van der Waals surface area contributed by atoms with Crippen molar-refractivity contribution >= 4 is 40.1 Å². The number of hydrogen-bond acceptors (Lipinski definition) is 6. The van der Waals surface area contributed by atoms with Gasteiger partial charge in [-0.3, -0.25) is 9.69 Å². The molecule has 210 valence electrons. The fourth-order valence-electron chi connectivity index (χ4n) is 4.95. The fraction of sp³-hybridized carbons (Fsp3) is 0.464. The van der Waals surface area contributed by atoms with E-state index in [-0.39, 0.29) is 12.1 Å². The maximum atomic E-state index is 15.3. The molecule has 0 bridgehead atoms. The molecule has 1 aromatic heterocycles. The normalized spacial score (nSPS) is 18.2. The number of benzene rings is 2. The van der Waals surface area contributed by atoms with Crippen molar-refractivity contribution in [2.75, 3.05) is 45.9 Å². The van der Waals surface area contributed by atoms with E-state index in [0.717, 1.165) is 51.6 Å². The number of aliphatic hydroxyl groups is 1. The molecular formula is C28H31Cl2F2N3O4. The second kappa shape index (κ2) is 12.0. The number of hydrogen-bond donors (Lipinski definition) is 2. The Kier molecular flexibility index (Phi) is 8.63. The number of ether oxygens (including phenoxy) is 1. The lowest BCUT2D eigenvalue weighted by Gasteiger charge is -2.30. The van der Waals surface area contributed by atoms with Crippen LogP contribution in [0.15, 0.2) is 46.9 Å². The number of nitrogens with one attached hydrogen (secondary N) is 1. The Morgan fingerprint density at radius 1 is 1.05 bits per heavy atom. The van der Waals surface area contributed by atoms with Crippen LogP contribution in [0, 0.1) is 0 Å². The standard InChI is InChI=1S/C28H31Cl2F2N3O4/c29-20-5-7-23-19(14-20)16-25(39-23)28(31,32)27(37)33-22(17-35-8-1-2-9-35)26(36)18-4-6-24(21(30)15-18)38-13-12-34-10-3-11-34/h4-7,14-16,22,26,36H,1-3,8-13,17H2,(H,33,37). The second-order valence-corrected chi connectivity index (χ2v) is 11.0. The molecule has 2 unspecified atom stereocenters. The molecule has 7 nitrogen and oxygen atoms in total. The van der Waals surface area contributed by atoms with Gasteiger partial charge in [-0.15, -0.1) is 0 Å². The molecule has 3 heterocycles. The van der Waals surface area contributed by atoms with Crippen molar-refractivity contribution in [3.63, 3.8) is 0 Å². The molecule has 2 aliphatic rings. The first-order valence-electron chi connectivity index (χ1n) is 13.1. The minimum Gasteiger partial charge on any atom is -0.491 e. The number of alkyl halides is 2. The molecular weight excluding hydrogens is 551 g/mol. The van der Waals surface area contributed by atoms with Crippen molar-refractivity contribution in [2.24, 2.45) is 0 Å². The van der Waals surface area contributed by atoms with Gasteiger partial charge in [-0.2, -0.15) is 8.78 Å². The highest BCUT2D eigenvalue weighted by Gasteiger charge is 2.46. The molecule has 11 heteroatoms. The van der Waals surface area contributed by atoms with Crippen molar-refractivity contribution in [1.82, 2.24) is 15.1 Å². The number of halogens is 4. The largest absolute Gasteiger partial charge is 0.491 e. The molecule has 0 spiro atoms. The van der Waals surface area contributed by atoms with E-state index in [1.54, 1.807) is 18.2 Å². The highest BCUT2D eigenvalue weighted by Crippen LogP contribution is 2.35. The van der Waals surface area contributed by atoms with Crippen LogP contribution < -0.4 is 10.1 Å². The lowest BCUT2D eigenvalue weighted by molar-refractivity contribution is -0.151. The Bertz CT molecular complexity index is 1310. The van der Waals surface area contributed by atoms with E-state index in [1.165, 1.54) is 24.6 Å². The van der Waals surface area contributed by atoms with Gasteiger partial charge in [-0.25, -0.2) is 0 Å². The maximum Gasteiger partial charge on any atom is 0.380 e. The summed E-state index contributed by atoms with van der Waals surface area (Å²) < 4.78 is 41.6. The number of nitrogens with zero attached hydrogens (tertiary/aromatic N) is 2. The van der Waals surface area contributed by atoms with Gasteiger partial charge < -0.3 is 24.5 Å². The molecule has 0 aliphatic carbocycles. The van der Waals surface area contributed by atoms with Gasteiger partial charge in [-0.05, 0) is 87.4 Å². The molecule has 39 heavy (non-hydrogen) atoms. The highest BCUT2D eigenvalue weighted by atomic mass is 35.5. The zero-order valence-corrected chi connectivity index (χ0v) is 22.9. The number of likely N-dealkylation sites (tertiary alicyclic amines) is 2. The van der Waals surface area contributed by atoms with E-state index in [9.17, 15) is 9.90 Å². The smallest absolute Gasteiger partial charge is 0.380 e. The van der Waals surface area contributed by atoms with Crippen LogP contribution in [0.25, 0.3) is 11.0 Å². The van der Waals surface area contributed by atoms with E-state index in [4.69, 9.17) is 32.4 Å². The van der Waals surface area contributed by atoms with Gasteiger partial charge in [0.25, 0.3) is 5.91 Å². The van der Waals surface area contributed by atoms with Gasteiger partial charge in [-0.1, -0.05) is 29.3 Å². The molecule has 0 radical (unpaired) electrons. The van der Waals surface area contributed by atoms with Gasteiger partial charge in [0.15, 0.2) is 5.76 Å². The summed E-state index contributed by atoms with van der Waals surface area (Å²) in [6.07, 6.45) is 1.84. The molecule has 5 rings (SSSR count). The summed E-state index contributed by atoms with van der Waals surface area (Å²) >= 11 is 12.4. The topological polar surface area (TPSA) is 78.2 Å². The third-order valence-corrected chi connectivity index (χ3v) is 7.87. The van der Waals surface area contributed by atoms with Crippen molar-refractivity contribution in [3.05, 3.63) is 63.8 Å². The molecule has 2 saturated heterocycles. The van der Waals surface area contributed by atoms with Gasteiger partial charge in [0.05, 0.1) is 11.1 Å². The molecule has 0 saturated carbocycles. The highest BCUT2D eigenvalue weighted by molar-refractivity contribution is 6.32. The number of amides is 1. The summed E-state index contributed by atoms with van der Waals surface area (Å²) in [4.78, 5) is 17.2. The Labute approximate surface area is 235 Å². The summed E-state index contributed by atoms with van der Waals surface area (Å²) in [5, 5.41) is 14.7. The number of carbonyl (C=O) groups excluding carboxylic acids is 1. The zero-order chi connectivity index (χ0) is 27.6. The van der Waals surface area contributed by atoms with E-state index in [1.807, 2.05) is 4.90 Å². The molecule has 1 amide bonds. The van der Waals surface area contributed by atoms with Crippen LogP contribution in [-0.4, -0.2) is 72.7 Å². The van der Waals surface area contributed by atoms with Crippen molar-refractivity contribution < 1.29 is 27.8 Å². The van der Waals surface area contributed by atoms with Crippen LogP contribution >= 0.6 is 23.2 Å². The van der Waals surface area contributed by atoms with Crippen LogP contribution in [0.1, 0.15) is 36.7 Å². The lowest BCUT2D eigenvalue weighted by atomic mass is 10.0. The summed E-state index contributed by atoms with van der Waals surface area (Å²) in [5.74, 6) is -5.85. The third-order valence-electron chi connectivity index (χ3n) is 7.34. The SMILES string of the molecule is O=C(NC(CN1CCCC1)C(O)c1ccc(OCCN2CCC2)c(Cl)c1)C(F)(F)c1cc2cc(Cl)ccc2o1. The Balaban J connectivity index is 1.31. The summed E-state index contributed by atoms with van der Waals surface area (Å²) in [6, 6.07) is 9.40. The van der Waals surface area contributed by atoms with Gasteiger partial charge >= 0.3 is 5.92 Å². The Morgan fingerprint density at radius 2 is 1.79 bits per heavy atom. The van der Waals surface area contributed by atoms with E-state index in [0.29, 0.717) is 33.4 Å². The average molecular weight is 582 g/mol. The first-order valence-corrected chi connectivity index (χ1v) is 13.9. The first kappa shape index (κ1) is 28.1. The molecule has 3 aromatic rings. The number of carbonyl (C=O) groups is 1. The molecule has 2 atom stereocenters. The molecule has 2 fully saturated rings. The summed E-state index contributed by atoms with van der Waals surface area (Å²) in [7, 11) is 0. The predicted octanol–water partition coefficient (Wildman–Crippen LogP) is 5.23. The molecule has 2 aromatic carbocycles. The second-order valence-electron chi connectivity index (χ2n) is 10.1. The fourth-order valence-corrected chi connectivity index (χ4v) is 5.37. The predicted molar refractivity (Wildman–Crippen MR) is 146 cm³/mol. The van der Waals surface area contributed by atoms with Crippen LogP contribution in [-0.2, 0) is 10.7 Å². The van der Waals surface area contributed by atoms with Crippen LogP contribution in [0.3, 0.4) is 0 Å². The Hall–Kier alpha value is -2.43. The number of rotatable bonds is 11. The van der Waals surface area contributed by atoms with Gasteiger partial charge in [0.1, 0.15) is 24.0 Å². The van der Waals surface area contributed by atoms with Crippen LogP contribution in [0.2, 0.25) is 10.0 Å². The third kappa shape index (κ3) is 6.49. The van der Waals surface area contributed by atoms with Crippen molar-refractivity contribution in [3.8, 4) is 5.75 Å². The number of aliphatic hydroxyl groups excluding tert-OH is 1. The van der Waals surface area contributed by atoms with E-state index in [2.05, 4.69) is 10.2 Å². The molecule has 2 aliphatic heterocycles. The quantitative estimate of drug-likeness (QED) is 0.323. The van der Waals surface area contributed by atoms with Crippen LogP contribution in [0.4, 0.5) is 8.78 Å². The lowest BCUT2D eigenvalue weighted by Crippen LogP contribution is -2.50.